The molecule has 24 nitrogen and oxygen atoms in total. The maximum atomic E-state index is 11.4. The van der Waals surface area contributed by atoms with Crippen molar-refractivity contribution in [1.82, 2.24) is 59.8 Å². The summed E-state index contributed by atoms with van der Waals surface area (Å²) in [6, 6.07) is 23.3. The fraction of sp³-hybridized carbons (Fsp3) is 0.235. The first-order chi connectivity index (χ1) is 60.0. The van der Waals surface area contributed by atoms with E-state index in [4.69, 9.17) is 29.9 Å². The molecule has 6 N–H and O–H groups in total. The van der Waals surface area contributed by atoms with Crippen LogP contribution in [0, 0.1) is 41.5 Å². The number of hydrogen-bond donors (Lipinski definition) is 6. The Balaban J connectivity index is 0.000000185. The first kappa shape index (κ1) is 94.8. The summed E-state index contributed by atoms with van der Waals surface area (Å²) in [4.78, 5) is 119. The third-order valence-electron chi connectivity index (χ3n) is 24.6. The van der Waals surface area contributed by atoms with E-state index < -0.39 is 35.8 Å². The molecular weight excluding hydrogens is 1640 g/mol. The Morgan fingerprint density at radius 1 is 0.227 bits per heavy atom. The van der Waals surface area contributed by atoms with E-state index >= 15 is 0 Å². The summed E-state index contributed by atoms with van der Waals surface area (Å²) >= 11 is 0. The number of allylic oxidation sites excluding steroid dienone is 12. The summed E-state index contributed by atoms with van der Waals surface area (Å²) in [5.74, 6) is -6.87. The molecule has 0 spiro atoms. The van der Waals surface area contributed by atoms with Crippen LogP contribution in [0.2, 0.25) is 0 Å². The number of aromatic nitrogens is 12. The average molecular weight is 1740 g/mol. The Labute approximate surface area is 761 Å². The van der Waals surface area contributed by atoms with Gasteiger partial charge in [0.2, 0.25) is 0 Å². The summed E-state index contributed by atoms with van der Waals surface area (Å²) in [5, 5.41) is 68.4. The Bertz CT molecular complexity index is 6430. The Hall–Kier alpha value is -13.9. The van der Waals surface area contributed by atoms with Gasteiger partial charge in [-0.05, 0) is 333 Å². The van der Waals surface area contributed by atoms with E-state index in [-0.39, 0.29) is 112 Å². The Morgan fingerprint density at radius 3 is 0.500 bits per heavy atom. The molecule has 0 aromatic carbocycles. The number of nitrogens with one attached hydrogen (secondary N) is 6. The van der Waals surface area contributed by atoms with E-state index in [9.17, 15) is 59.4 Å². The maximum absolute atomic E-state index is 11.4. The molecule has 0 saturated carbocycles. The van der Waals surface area contributed by atoms with Gasteiger partial charge in [0, 0.05) is 135 Å². The van der Waals surface area contributed by atoms with Crippen LogP contribution in [0.15, 0.2) is 112 Å². The molecule has 9 aromatic heterocycles. The summed E-state index contributed by atoms with van der Waals surface area (Å²) in [6.45, 7) is 47.9. The van der Waals surface area contributed by atoms with Crippen LogP contribution in [0.3, 0.4) is 0 Å². The van der Waals surface area contributed by atoms with Crippen molar-refractivity contribution in [2.45, 2.75) is 160 Å². The van der Waals surface area contributed by atoms with E-state index in [1.807, 2.05) is 174 Å². The summed E-state index contributed by atoms with van der Waals surface area (Å²) in [5.41, 5.74) is 39.8. The molecule has 642 valence electrons. The molecule has 0 aliphatic carbocycles. The number of aromatic amines is 6. The van der Waals surface area contributed by atoms with E-state index in [0.717, 1.165) is 200 Å². The minimum atomic E-state index is -1.15. The quantitative estimate of drug-likeness (QED) is 0.0306. The van der Waals surface area contributed by atoms with Gasteiger partial charge in [0.05, 0.1) is 68.3 Å². The van der Waals surface area contributed by atoms with Gasteiger partial charge in [-0.3, -0.25) is 0 Å². The van der Waals surface area contributed by atoms with Crippen molar-refractivity contribution >= 4 is 240 Å². The van der Waals surface area contributed by atoms with Gasteiger partial charge in [-0.25, -0.2) is 29.9 Å². The van der Waals surface area contributed by atoms with Gasteiger partial charge in [0.25, 0.3) is 0 Å². The summed E-state index contributed by atoms with van der Waals surface area (Å²) in [6.07, 6.45) is 11.4. The molecule has 24 bridgehead atoms. The van der Waals surface area contributed by atoms with Crippen molar-refractivity contribution in [1.29, 1.82) is 0 Å². The molecule has 15 heterocycles. The smallest absolute Gasteiger partial charge is 0.550 e. The van der Waals surface area contributed by atoms with Gasteiger partial charge in [-0.2, -0.15) is 0 Å². The number of carbonyl (C=O) groups is 6. The first-order valence-corrected chi connectivity index (χ1v) is 41.5. The second-order valence-corrected chi connectivity index (χ2v) is 32.1. The number of carboxylic acid groups (broad SMARTS) is 6. The van der Waals surface area contributed by atoms with E-state index in [2.05, 4.69) is 69.4 Å². The average Bonchev–Trinajstić information content (AvgIpc) is 1.62. The number of fused-ring (bicyclic) bond motifs is 24. The fourth-order valence-corrected chi connectivity index (χ4v) is 17.3. The van der Waals surface area contributed by atoms with Crippen LogP contribution in [0.5, 0.6) is 0 Å². The molecule has 0 radical (unpaired) electrons. The van der Waals surface area contributed by atoms with Crippen LogP contribution < -0.4 is 30.6 Å². The monoisotopic (exact) mass is 1730 g/mol. The zero-order chi connectivity index (χ0) is 90.9. The third kappa shape index (κ3) is 19.3. The largest absolute Gasteiger partial charge is 3.00 e. The number of aryl methyl sites for hydroxylation is 6. The van der Waals surface area contributed by atoms with Crippen molar-refractivity contribution in [2.24, 2.45) is 0 Å². The van der Waals surface area contributed by atoms with Crippen LogP contribution in [0.4, 0.5) is 0 Å². The zero-order valence-electron chi connectivity index (χ0n) is 73.9. The molecule has 0 atom stereocenters. The number of rotatable bonds is 24. The van der Waals surface area contributed by atoms with Crippen LogP contribution in [0.1, 0.15) is 254 Å². The number of hydrogen-bond acceptors (Lipinski definition) is 18. The maximum Gasteiger partial charge on any atom is 3.00 e. The first-order valence-electron chi connectivity index (χ1n) is 41.5. The molecule has 128 heavy (non-hydrogen) atoms. The molecule has 6 aliphatic rings. The van der Waals surface area contributed by atoms with Crippen molar-refractivity contribution < 1.29 is 59.4 Å². The van der Waals surface area contributed by atoms with Gasteiger partial charge in [0.1, 0.15) is 0 Å². The third-order valence-corrected chi connectivity index (χ3v) is 24.6. The second kappa shape index (κ2) is 39.3. The molecular formula is C102H96Al2N12O12. The molecule has 0 fully saturated rings. The molecule has 6 aliphatic heterocycles. The topological polar surface area (TPSA) is 413 Å². The van der Waals surface area contributed by atoms with Crippen molar-refractivity contribution in [3.8, 4) is 0 Å². The van der Waals surface area contributed by atoms with Crippen LogP contribution in [-0.4, -0.2) is 130 Å². The van der Waals surface area contributed by atoms with Gasteiger partial charge >= 0.3 is 34.7 Å². The standard InChI is InChI=1S/3C34H34N4O4.2Al/c3*1-7-21-17(3)25-13-26-19(5)23(9-11-33(39)40)31(37-26)16-32-24(10-12-34(41)42)20(6)28(38-32)15-30-22(8-2)18(4)27(36-30)14-29(21)35-25;;/h3*7-8,13-16,35-36H,1-2,9-12H2,3-6H3,(H,39,40)(H,41,42);;/q;;;2*+3/p-6. The number of nitrogens with zero attached hydrogens (tertiary/aromatic N) is 6. The normalized spacial score (nSPS) is 12.8. The number of carbonyl (C=O) groups excluding carboxylic acids is 6. The van der Waals surface area contributed by atoms with Gasteiger partial charge in [-0.1, -0.05) is 75.9 Å². The van der Waals surface area contributed by atoms with Crippen molar-refractivity contribution in [3.05, 3.63) is 247 Å². The van der Waals surface area contributed by atoms with Gasteiger partial charge in [0.15, 0.2) is 0 Å². The van der Waals surface area contributed by atoms with E-state index in [1.54, 1.807) is 18.2 Å². The molecule has 0 saturated heterocycles. The molecule has 0 unspecified atom stereocenters. The van der Waals surface area contributed by atoms with Crippen LogP contribution >= 0.6 is 0 Å². The Kier molecular flexibility index (Phi) is 29.1. The predicted octanol–water partition coefficient (Wildman–Crippen LogP) is 14.7. The van der Waals surface area contributed by atoms with Crippen LogP contribution in [0.25, 0.3) is 170 Å². The molecule has 0 amide bonds. The summed E-state index contributed by atoms with van der Waals surface area (Å²) < 4.78 is 0. The van der Waals surface area contributed by atoms with Crippen molar-refractivity contribution in [3.63, 3.8) is 0 Å². The fourth-order valence-electron chi connectivity index (χ4n) is 17.3. The van der Waals surface area contributed by atoms with Gasteiger partial charge < -0.3 is 89.3 Å². The molecule has 26 heteroatoms. The van der Waals surface area contributed by atoms with E-state index in [1.165, 1.54) is 0 Å². The molecule has 15 rings (SSSR count). The second-order valence-electron chi connectivity index (χ2n) is 32.1. The zero-order valence-corrected chi connectivity index (χ0v) is 76.2. The van der Waals surface area contributed by atoms with Crippen LogP contribution in [-0.2, 0) is 28.8 Å². The van der Waals surface area contributed by atoms with Gasteiger partial charge in [-0.15, -0.1) is 0 Å². The predicted molar refractivity (Wildman–Crippen MR) is 504 cm³/mol. The SMILES string of the molecule is C=Cc1c(C)c2cc3[nH]c(cc4nc(cc5nc(cc1[nH]2)C(C)=C5CCC(=O)[O-])C(CCC(=O)[O-])=C4C)c(C)c3C=C.C=Cc1c(C)c2cc3[nH]c(cc4nc(cc5nc(cc1[nH]2)C(C)=C5CCC(=O)[O-])C(CCC(=O)[O-])=C4C)c(C)c3C=C.C=Cc1c(C)c2cc3[nH]c(cc4nc(cc5nc(cc1[nH]2)C(C)=C5CCC(=O)[O-])C(CCC(=O)[O-])=C4C)c(C)c3C=C.[Al+3].[Al+3]. The number of aliphatic carboxylic acids is 6. The Morgan fingerprint density at radius 2 is 0.359 bits per heavy atom. The minimum absolute atomic E-state index is 0. The summed E-state index contributed by atoms with van der Waals surface area (Å²) in [7, 11) is 0. The number of H-pyrrole nitrogens is 6. The van der Waals surface area contributed by atoms with E-state index in [0.29, 0.717) is 68.3 Å². The van der Waals surface area contributed by atoms with Crippen molar-refractivity contribution in [2.75, 3.05) is 0 Å². The molecule has 9 aromatic rings. The number of carboxylic acids is 6. The minimum Gasteiger partial charge on any atom is -0.550 e.